The molecule has 0 amide bonds. The fourth-order valence-corrected chi connectivity index (χ4v) is 15.5. The van der Waals surface area contributed by atoms with Crippen LogP contribution in [0.1, 0.15) is 113 Å². The van der Waals surface area contributed by atoms with Crippen molar-refractivity contribution in [1.29, 1.82) is 0 Å². The number of aliphatic hydroxyl groups is 10. The van der Waals surface area contributed by atoms with Gasteiger partial charge in [-0.15, -0.1) is 0 Å². The third kappa shape index (κ3) is 6.74. The van der Waals surface area contributed by atoms with Crippen molar-refractivity contribution in [3.8, 4) is 0 Å². The Labute approximate surface area is 380 Å². The van der Waals surface area contributed by atoms with Crippen LogP contribution in [0.25, 0.3) is 0 Å². The second-order valence-corrected chi connectivity index (χ2v) is 23.1. The van der Waals surface area contributed by atoms with Crippen molar-refractivity contribution in [3.63, 3.8) is 0 Å². The zero-order valence-electron chi connectivity index (χ0n) is 38.9. The van der Waals surface area contributed by atoms with Gasteiger partial charge >= 0.3 is 5.97 Å². The maximum atomic E-state index is 13.8. The maximum absolute atomic E-state index is 13.8. The number of rotatable bonds is 7. The Morgan fingerprint density at radius 2 is 1.31 bits per heavy atom. The van der Waals surface area contributed by atoms with Crippen LogP contribution in [-0.2, 0) is 38.0 Å². The first-order valence-corrected chi connectivity index (χ1v) is 23.9. The van der Waals surface area contributed by atoms with Gasteiger partial charge in [-0.05, 0) is 118 Å². The van der Waals surface area contributed by atoms with Gasteiger partial charge in [0.15, 0.2) is 18.9 Å². The maximum Gasteiger partial charge on any atom is 0.316 e. The number of aliphatic hydroxyl groups excluding tert-OH is 9. The van der Waals surface area contributed by atoms with Gasteiger partial charge in [-0.25, -0.2) is 0 Å². The molecule has 10 aliphatic rings. The van der Waals surface area contributed by atoms with E-state index in [9.17, 15) is 55.9 Å². The standard InChI is InChI=1S/C47H74O18/c1-20-27(51)29(53)31(55)37(60-20)64-34-33(63-38-32(56)30(54)28(52)24(18-48)61-38)23(50)19-59-39(34)62-26-10-11-42(4)25(41(26,2)3)9-12-44(6)36(42)22(49)17-21-35-46(8,58)45(7)14-16-47(35,40(57)65-45)15-13-43(21,44)5/h20,22-34,36-39,48-56,58H,9-19H2,1-8H3/t20-,22-,23-,24+,25-,26-,27-,28+,29+,30-,31+,32+,33-,34+,36+,37-,38-,39+,42-,43+,44+,45-,46-,47+/m0/s1. The summed E-state index contributed by atoms with van der Waals surface area (Å²) in [6.07, 6.45) is -17.1. The van der Waals surface area contributed by atoms with E-state index >= 15 is 0 Å². The molecule has 0 aromatic heterocycles. The molecule has 0 aromatic carbocycles. The van der Waals surface area contributed by atoms with Gasteiger partial charge in [0, 0.05) is 0 Å². The molecule has 0 unspecified atom stereocenters. The van der Waals surface area contributed by atoms with Crippen molar-refractivity contribution in [2.45, 2.75) is 223 Å². The lowest BCUT2D eigenvalue weighted by Gasteiger charge is -2.73. The van der Waals surface area contributed by atoms with Crippen LogP contribution in [0.3, 0.4) is 0 Å². The number of carbonyl (C=O) groups is 1. The second kappa shape index (κ2) is 16.0. The van der Waals surface area contributed by atoms with Gasteiger partial charge in [0.1, 0.15) is 72.2 Å². The van der Waals surface area contributed by atoms with Gasteiger partial charge in [0.2, 0.25) is 0 Å². The van der Waals surface area contributed by atoms with E-state index in [0.29, 0.717) is 38.5 Å². The third-order valence-electron chi connectivity index (χ3n) is 19.6. The summed E-state index contributed by atoms with van der Waals surface area (Å²) in [5, 5.41) is 110. The fourth-order valence-electron chi connectivity index (χ4n) is 15.5. The van der Waals surface area contributed by atoms with Crippen LogP contribution >= 0.6 is 0 Å². The molecule has 1 spiro atoms. The molecule has 0 radical (unpaired) electrons. The van der Waals surface area contributed by atoms with Crippen LogP contribution in [0.4, 0.5) is 0 Å². The summed E-state index contributed by atoms with van der Waals surface area (Å²) in [5.41, 5.74) is -3.28. The number of hydrogen-bond acceptors (Lipinski definition) is 18. The molecule has 0 aromatic rings. The Balaban J connectivity index is 1.01. The van der Waals surface area contributed by atoms with E-state index in [-0.39, 0.29) is 29.8 Å². The molecule has 5 aliphatic carbocycles. The van der Waals surface area contributed by atoms with Crippen LogP contribution in [-0.4, -0.2) is 180 Å². The molecule has 5 heterocycles. The topological polar surface area (TPSA) is 284 Å². The van der Waals surface area contributed by atoms with Crippen LogP contribution in [0.2, 0.25) is 0 Å². The Morgan fingerprint density at radius 1 is 0.677 bits per heavy atom. The Kier molecular flexibility index (Phi) is 12.0. The highest BCUT2D eigenvalue weighted by Crippen LogP contribution is 2.77. The third-order valence-corrected chi connectivity index (χ3v) is 19.6. The van der Waals surface area contributed by atoms with E-state index in [4.69, 9.17) is 33.2 Å². The zero-order chi connectivity index (χ0) is 47.4. The second-order valence-electron chi connectivity index (χ2n) is 23.1. The first kappa shape index (κ1) is 48.6. The average molecular weight is 927 g/mol. The molecule has 9 fully saturated rings. The largest absolute Gasteiger partial charge is 0.455 e. The van der Waals surface area contributed by atoms with Gasteiger partial charge in [-0.2, -0.15) is 0 Å². The minimum absolute atomic E-state index is 0.0209. The summed E-state index contributed by atoms with van der Waals surface area (Å²) in [5.74, 6) is -0.385. The fraction of sp³-hybridized carbons (Fsp3) is 0.936. The summed E-state index contributed by atoms with van der Waals surface area (Å²) < 4.78 is 43.0. The zero-order valence-corrected chi connectivity index (χ0v) is 38.9. The number of hydrogen-bond donors (Lipinski definition) is 10. The molecule has 5 aliphatic heterocycles. The van der Waals surface area contributed by atoms with Gasteiger partial charge in [0.25, 0.3) is 0 Å². The summed E-state index contributed by atoms with van der Waals surface area (Å²) in [6.45, 7) is 15.2. The molecule has 2 bridgehead atoms. The van der Waals surface area contributed by atoms with Crippen molar-refractivity contribution < 1.29 is 89.0 Å². The molecule has 370 valence electrons. The predicted octanol–water partition coefficient (Wildman–Crippen LogP) is 0.0534. The first-order valence-electron chi connectivity index (χ1n) is 23.9. The average Bonchev–Trinajstić information content (AvgIpc) is 3.23. The highest BCUT2D eigenvalue weighted by molar-refractivity contribution is 5.86. The van der Waals surface area contributed by atoms with Gasteiger partial charge in [-0.1, -0.05) is 40.2 Å². The van der Waals surface area contributed by atoms with E-state index in [1.165, 1.54) is 6.92 Å². The summed E-state index contributed by atoms with van der Waals surface area (Å²) in [6, 6.07) is 0. The van der Waals surface area contributed by atoms with E-state index in [1.807, 2.05) is 6.92 Å². The van der Waals surface area contributed by atoms with E-state index in [1.54, 1.807) is 6.92 Å². The number of carbonyl (C=O) groups excluding carboxylic acids is 1. The monoisotopic (exact) mass is 926 g/mol. The quantitative estimate of drug-likeness (QED) is 0.0918. The first-order chi connectivity index (χ1) is 30.2. The van der Waals surface area contributed by atoms with Crippen LogP contribution in [0.15, 0.2) is 11.1 Å². The molecule has 18 heteroatoms. The van der Waals surface area contributed by atoms with Crippen molar-refractivity contribution >= 4 is 5.97 Å². The molecular formula is C47H74O18. The smallest absolute Gasteiger partial charge is 0.316 e. The molecule has 65 heavy (non-hydrogen) atoms. The lowest BCUT2D eigenvalue weighted by Crippen LogP contribution is -2.72. The van der Waals surface area contributed by atoms with Crippen molar-refractivity contribution in [2.24, 2.45) is 38.9 Å². The lowest BCUT2D eigenvalue weighted by atomic mass is 9.33. The Bertz CT molecular complexity index is 1880. The van der Waals surface area contributed by atoms with Gasteiger partial charge < -0.3 is 84.2 Å². The van der Waals surface area contributed by atoms with E-state index in [2.05, 4.69) is 34.6 Å². The molecular weight excluding hydrogens is 852 g/mol. The summed E-state index contributed by atoms with van der Waals surface area (Å²) >= 11 is 0. The molecule has 5 saturated heterocycles. The SMILES string of the molecule is C[C@@H]1O[C@@H](O[C@H]2[C@@H](O[C@H]3CC[C@]4(C)[C@H]5[C@@H](O)CC6=C7[C@]8(CC[C@](C)(OC8=O)[C@@]7(C)O)CC[C@@]6(C)[C@]5(C)CC[C@H]4C3(C)C)OC[C@H](O)[C@@H]2O[C@@H]2O[C@H](CO)[C@@H](O)[C@H](O)[C@H]2O)[C@H](O)[C@H](O)[C@H]1O. The highest BCUT2D eigenvalue weighted by Gasteiger charge is 2.75. The molecule has 24 atom stereocenters. The van der Waals surface area contributed by atoms with Crippen LogP contribution < -0.4 is 0 Å². The highest BCUT2D eigenvalue weighted by atomic mass is 16.8. The Hall–Kier alpha value is -1.43. The van der Waals surface area contributed by atoms with E-state index < -0.39 is 138 Å². The number of esters is 1. The minimum Gasteiger partial charge on any atom is -0.455 e. The van der Waals surface area contributed by atoms with Crippen molar-refractivity contribution in [3.05, 3.63) is 11.1 Å². The van der Waals surface area contributed by atoms with Crippen LogP contribution in [0.5, 0.6) is 0 Å². The number of fused-ring (bicyclic) bond motifs is 7. The molecule has 4 saturated carbocycles. The normalized spacial score (nSPS) is 57.4. The molecule has 10 rings (SSSR count). The van der Waals surface area contributed by atoms with Gasteiger partial charge in [-0.3, -0.25) is 4.79 Å². The number of ether oxygens (including phenoxy) is 7. The lowest BCUT2D eigenvalue weighted by molar-refractivity contribution is -0.388. The molecule has 10 N–H and O–H groups in total. The molecule has 18 nitrogen and oxygen atoms in total. The van der Waals surface area contributed by atoms with E-state index in [0.717, 1.165) is 30.4 Å². The minimum atomic E-state index is -1.83. The van der Waals surface area contributed by atoms with Crippen molar-refractivity contribution in [1.82, 2.24) is 0 Å². The summed E-state index contributed by atoms with van der Waals surface area (Å²) in [4.78, 5) is 13.8. The predicted molar refractivity (Wildman–Crippen MR) is 224 cm³/mol. The van der Waals surface area contributed by atoms with Crippen molar-refractivity contribution in [2.75, 3.05) is 13.2 Å². The summed E-state index contributed by atoms with van der Waals surface area (Å²) in [7, 11) is 0. The Morgan fingerprint density at radius 3 is 1.97 bits per heavy atom. The van der Waals surface area contributed by atoms with Gasteiger partial charge in [0.05, 0.1) is 36.9 Å². The van der Waals surface area contributed by atoms with Crippen LogP contribution in [0, 0.1) is 38.9 Å².